The first-order chi connectivity index (χ1) is 38.6. The topological polar surface area (TPSA) is 111 Å². The highest BCUT2D eigenvalue weighted by Gasteiger charge is 2.22. The molecule has 458 valence electrons. The molecular formula is C70H125NO8. The summed E-state index contributed by atoms with van der Waals surface area (Å²) in [7, 11) is 5.93. The van der Waals surface area contributed by atoms with Crippen LogP contribution in [0.5, 0.6) is 0 Å². The van der Waals surface area contributed by atoms with E-state index >= 15 is 0 Å². The molecule has 0 heterocycles. The van der Waals surface area contributed by atoms with E-state index in [1.165, 1.54) is 199 Å². The smallest absolute Gasteiger partial charge is 0.306 e. The van der Waals surface area contributed by atoms with E-state index < -0.39 is 24.3 Å². The molecule has 0 aromatic carbocycles. The molecule has 0 aromatic heterocycles. The Morgan fingerprint density at radius 2 is 0.722 bits per heavy atom. The van der Waals surface area contributed by atoms with Crippen molar-refractivity contribution in [1.29, 1.82) is 0 Å². The lowest BCUT2D eigenvalue weighted by Gasteiger charge is -2.26. The molecule has 0 aliphatic carbocycles. The van der Waals surface area contributed by atoms with Crippen molar-refractivity contribution in [2.45, 2.75) is 309 Å². The van der Waals surface area contributed by atoms with E-state index in [9.17, 15) is 19.5 Å². The fourth-order valence-corrected chi connectivity index (χ4v) is 9.38. The van der Waals surface area contributed by atoms with Crippen molar-refractivity contribution in [3.8, 4) is 0 Å². The monoisotopic (exact) mass is 1110 g/mol. The van der Waals surface area contributed by atoms with Crippen LogP contribution in [-0.4, -0.2) is 82.3 Å². The normalized spacial score (nSPS) is 13.2. The third-order valence-corrected chi connectivity index (χ3v) is 14.4. The van der Waals surface area contributed by atoms with Gasteiger partial charge in [-0.3, -0.25) is 9.59 Å². The number of quaternary nitrogens is 1. The van der Waals surface area contributed by atoms with Crippen molar-refractivity contribution >= 4 is 17.9 Å². The van der Waals surface area contributed by atoms with Gasteiger partial charge in [-0.1, -0.05) is 273 Å². The first kappa shape index (κ1) is 75.7. The molecule has 0 aliphatic rings. The van der Waals surface area contributed by atoms with Gasteiger partial charge < -0.3 is 33.3 Å². The number of rotatable bonds is 61. The molecule has 2 unspecified atom stereocenters. The number of aliphatic carboxylic acids is 1. The fourth-order valence-electron chi connectivity index (χ4n) is 9.38. The summed E-state index contributed by atoms with van der Waals surface area (Å²) in [6.45, 7) is 4.64. The third kappa shape index (κ3) is 62.2. The Bertz CT molecular complexity index is 1520. The Hall–Kier alpha value is -3.27. The highest BCUT2D eigenvalue weighted by molar-refractivity contribution is 5.70. The van der Waals surface area contributed by atoms with Crippen LogP contribution >= 0.6 is 0 Å². The van der Waals surface area contributed by atoms with Gasteiger partial charge in [-0.2, -0.15) is 0 Å². The molecule has 0 amide bonds. The zero-order valence-electron chi connectivity index (χ0n) is 52.2. The minimum absolute atomic E-state index is 0.147. The number of esters is 2. The van der Waals surface area contributed by atoms with Crippen molar-refractivity contribution < 1.29 is 42.9 Å². The van der Waals surface area contributed by atoms with Crippen molar-refractivity contribution in [3.05, 3.63) is 72.9 Å². The molecule has 0 aromatic rings. The van der Waals surface area contributed by atoms with Gasteiger partial charge in [0.05, 0.1) is 40.3 Å². The Morgan fingerprint density at radius 1 is 0.392 bits per heavy atom. The van der Waals surface area contributed by atoms with Gasteiger partial charge in [-0.15, -0.1) is 0 Å². The minimum atomic E-state index is -1.62. The largest absolute Gasteiger partial charge is 0.545 e. The molecule has 0 radical (unpaired) electrons. The van der Waals surface area contributed by atoms with Crippen LogP contribution in [0.25, 0.3) is 0 Å². The fraction of sp³-hybridized carbons (Fsp3) is 0.786. The molecule has 79 heavy (non-hydrogen) atoms. The molecule has 2 atom stereocenters. The summed E-state index contributed by atoms with van der Waals surface area (Å²) in [5.41, 5.74) is 0. The van der Waals surface area contributed by atoms with Crippen molar-refractivity contribution in [2.75, 3.05) is 47.5 Å². The average molecular weight is 1110 g/mol. The molecule has 0 bridgehead atoms. The second-order valence-electron chi connectivity index (χ2n) is 23.4. The summed E-state index contributed by atoms with van der Waals surface area (Å²) in [6, 6.07) is 0. The van der Waals surface area contributed by atoms with E-state index in [1.807, 2.05) is 21.1 Å². The number of ether oxygens (including phenoxy) is 4. The van der Waals surface area contributed by atoms with Crippen molar-refractivity contribution in [2.24, 2.45) is 0 Å². The van der Waals surface area contributed by atoms with Crippen LogP contribution in [0.3, 0.4) is 0 Å². The van der Waals surface area contributed by atoms with Crippen LogP contribution in [-0.2, 0) is 33.3 Å². The number of carboxylic acid groups (broad SMARTS) is 1. The Kier molecular flexibility index (Phi) is 58.3. The lowest BCUT2D eigenvalue weighted by Crippen LogP contribution is -2.44. The number of carbonyl (C=O) groups is 3. The Balaban J connectivity index is 4.06. The Labute approximate surface area is 487 Å². The maximum Gasteiger partial charge on any atom is 0.306 e. The van der Waals surface area contributed by atoms with Gasteiger partial charge in [0.15, 0.2) is 12.4 Å². The zero-order valence-corrected chi connectivity index (χ0v) is 52.2. The molecule has 0 aliphatic heterocycles. The average Bonchev–Trinajstić information content (AvgIpc) is 3.42. The van der Waals surface area contributed by atoms with E-state index in [0.717, 1.165) is 64.2 Å². The number of carboxylic acids is 1. The van der Waals surface area contributed by atoms with Crippen LogP contribution in [0.2, 0.25) is 0 Å². The van der Waals surface area contributed by atoms with Gasteiger partial charge in [0, 0.05) is 12.8 Å². The summed E-state index contributed by atoms with van der Waals surface area (Å²) < 4.78 is 22.8. The van der Waals surface area contributed by atoms with Gasteiger partial charge in [0.25, 0.3) is 0 Å². The molecule has 0 fully saturated rings. The molecule has 0 rings (SSSR count). The van der Waals surface area contributed by atoms with Crippen molar-refractivity contribution in [3.63, 3.8) is 0 Å². The lowest BCUT2D eigenvalue weighted by atomic mass is 10.0. The highest BCUT2D eigenvalue weighted by atomic mass is 16.7. The Morgan fingerprint density at radius 3 is 1.08 bits per heavy atom. The third-order valence-electron chi connectivity index (χ3n) is 14.4. The minimum Gasteiger partial charge on any atom is -0.545 e. The predicted octanol–water partition coefficient (Wildman–Crippen LogP) is 18.8. The predicted molar refractivity (Wildman–Crippen MR) is 334 cm³/mol. The SMILES string of the molecule is CC/C=C\C/C=C\C/C=C\C/C=C\CCCCCCCCCCCCCCCCCCCCCCCCC(=O)OC(COC(=O)CCCCCCCCCCC/C=C\C/C=C\CCCCC)COC(OCC[N+](C)(C)C)C(=O)[O-]. The maximum atomic E-state index is 12.9. The van der Waals surface area contributed by atoms with Gasteiger partial charge in [0.2, 0.25) is 0 Å². The number of carbonyl (C=O) groups excluding carboxylic acids is 3. The van der Waals surface area contributed by atoms with Gasteiger partial charge in [-0.25, -0.2) is 0 Å². The first-order valence-electron chi connectivity index (χ1n) is 33.1. The number of hydrogen-bond acceptors (Lipinski definition) is 8. The van der Waals surface area contributed by atoms with E-state index in [1.54, 1.807) is 0 Å². The van der Waals surface area contributed by atoms with E-state index in [0.29, 0.717) is 17.4 Å². The number of allylic oxidation sites excluding steroid dienone is 12. The zero-order chi connectivity index (χ0) is 57.6. The molecule has 0 saturated heterocycles. The standard InChI is InChI=1S/C70H125NO8/c1-6-8-10-12-14-16-18-20-22-24-26-27-28-29-30-31-32-33-34-35-36-37-38-39-40-41-43-45-47-49-51-53-55-57-59-61-68(73)79-66(65-78-70(69(74)75)76-63-62-71(3,4)5)64-77-67(72)60-58-56-54-52-50-48-46-44-42-25-23-21-19-17-15-13-11-9-7-2/h8,10,14-17,20-23,26-27,66,70H,6-7,9,11-13,18-19,24-25,28-65H2,1-5H3/b10-8-,16-14-,17-15-,22-20-,23-21-,27-26-. The summed E-state index contributed by atoms with van der Waals surface area (Å²) >= 11 is 0. The van der Waals surface area contributed by atoms with Gasteiger partial charge in [-0.05, 0) is 83.5 Å². The van der Waals surface area contributed by atoms with E-state index in [-0.39, 0.29) is 38.6 Å². The molecule has 0 spiro atoms. The molecule has 0 saturated carbocycles. The van der Waals surface area contributed by atoms with Crippen molar-refractivity contribution in [1.82, 2.24) is 0 Å². The van der Waals surface area contributed by atoms with Gasteiger partial charge in [0.1, 0.15) is 13.2 Å². The van der Waals surface area contributed by atoms with E-state index in [2.05, 4.69) is 86.8 Å². The number of nitrogens with zero attached hydrogens (tertiary/aromatic N) is 1. The van der Waals surface area contributed by atoms with Crippen LogP contribution < -0.4 is 5.11 Å². The summed E-state index contributed by atoms with van der Waals surface area (Å²) in [4.78, 5) is 37.4. The summed E-state index contributed by atoms with van der Waals surface area (Å²) in [6.07, 6.45) is 76.9. The first-order valence-corrected chi connectivity index (χ1v) is 33.1. The number of likely N-dealkylation sites (N-methyl/N-ethyl adjacent to an activating group) is 1. The summed E-state index contributed by atoms with van der Waals surface area (Å²) in [5, 5.41) is 11.8. The van der Waals surface area contributed by atoms with Crippen LogP contribution in [0.4, 0.5) is 0 Å². The van der Waals surface area contributed by atoms with Crippen LogP contribution in [0, 0.1) is 0 Å². The molecule has 9 nitrogen and oxygen atoms in total. The molecule has 9 heteroatoms. The number of hydrogen-bond donors (Lipinski definition) is 0. The molecular weight excluding hydrogens is 983 g/mol. The maximum absolute atomic E-state index is 12.9. The summed E-state index contributed by atoms with van der Waals surface area (Å²) in [5.74, 6) is -2.27. The lowest BCUT2D eigenvalue weighted by molar-refractivity contribution is -0.870. The van der Waals surface area contributed by atoms with Crippen LogP contribution in [0.1, 0.15) is 296 Å². The second kappa shape index (κ2) is 60.8. The quantitative estimate of drug-likeness (QED) is 0.0195. The van der Waals surface area contributed by atoms with Crippen LogP contribution in [0.15, 0.2) is 72.9 Å². The van der Waals surface area contributed by atoms with E-state index in [4.69, 9.17) is 18.9 Å². The highest BCUT2D eigenvalue weighted by Crippen LogP contribution is 2.17. The molecule has 0 N–H and O–H groups in total. The van der Waals surface area contributed by atoms with Gasteiger partial charge >= 0.3 is 11.9 Å². The second-order valence-corrected chi connectivity index (χ2v) is 23.4. The number of unbranched alkanes of at least 4 members (excludes halogenated alkanes) is 34.